The molecule has 2 heterocycles. The van der Waals surface area contributed by atoms with E-state index in [4.69, 9.17) is 10.2 Å². The van der Waals surface area contributed by atoms with Crippen LogP contribution in [-0.4, -0.2) is 17.0 Å². The number of benzene rings is 1. The molecular formula is C13H14N4OS. The van der Waals surface area contributed by atoms with Crippen molar-refractivity contribution in [3.05, 3.63) is 34.3 Å². The van der Waals surface area contributed by atoms with Gasteiger partial charge in [0.25, 0.3) is 6.01 Å². The first kappa shape index (κ1) is 12.0. The average Bonchev–Trinajstić information content (AvgIpc) is 2.96. The fraction of sp³-hybridized carbons (Fsp3) is 0.231. The van der Waals surface area contributed by atoms with Crippen molar-refractivity contribution in [2.75, 3.05) is 17.7 Å². The number of nitrogens with zero attached hydrogens (tertiary/aromatic N) is 3. The number of anilines is 2. The van der Waals surface area contributed by atoms with Gasteiger partial charge in [0.1, 0.15) is 5.52 Å². The maximum atomic E-state index is 5.74. The number of nitrogen functional groups attached to an aromatic ring is 1. The second-order valence-electron chi connectivity index (χ2n) is 4.44. The minimum absolute atomic E-state index is 0.591. The molecule has 3 aromatic rings. The van der Waals surface area contributed by atoms with Crippen molar-refractivity contribution in [2.45, 2.75) is 13.5 Å². The lowest BCUT2D eigenvalue weighted by Gasteiger charge is -2.12. The molecule has 98 valence electrons. The lowest BCUT2D eigenvalue weighted by atomic mass is 10.3. The van der Waals surface area contributed by atoms with E-state index in [0.29, 0.717) is 11.7 Å². The number of rotatable bonds is 3. The lowest BCUT2D eigenvalue weighted by Crippen LogP contribution is -2.16. The highest BCUT2D eigenvalue weighted by atomic mass is 32.1. The minimum Gasteiger partial charge on any atom is -0.423 e. The number of aryl methyl sites for hydroxylation is 1. The van der Waals surface area contributed by atoms with Crippen LogP contribution in [0, 0.1) is 6.92 Å². The van der Waals surface area contributed by atoms with Gasteiger partial charge in [0.15, 0.2) is 5.58 Å². The van der Waals surface area contributed by atoms with Crippen LogP contribution in [0.3, 0.4) is 0 Å². The lowest BCUT2D eigenvalue weighted by molar-refractivity contribution is 0.583. The van der Waals surface area contributed by atoms with Gasteiger partial charge in [-0.05, 0) is 25.1 Å². The quantitative estimate of drug-likeness (QED) is 0.744. The maximum absolute atomic E-state index is 5.74. The topological polar surface area (TPSA) is 68.2 Å². The zero-order valence-corrected chi connectivity index (χ0v) is 11.6. The molecule has 6 heteroatoms. The zero-order valence-electron chi connectivity index (χ0n) is 10.8. The largest absolute Gasteiger partial charge is 0.423 e. The van der Waals surface area contributed by atoms with Crippen molar-refractivity contribution >= 4 is 34.1 Å². The van der Waals surface area contributed by atoms with Gasteiger partial charge in [-0.1, -0.05) is 0 Å². The van der Waals surface area contributed by atoms with Crippen LogP contribution in [-0.2, 0) is 6.54 Å². The summed E-state index contributed by atoms with van der Waals surface area (Å²) in [6.07, 6.45) is 0. The van der Waals surface area contributed by atoms with E-state index in [1.54, 1.807) is 11.3 Å². The number of aromatic nitrogens is 2. The summed E-state index contributed by atoms with van der Waals surface area (Å²) in [7, 11) is 1.95. The Kier molecular flexibility index (Phi) is 2.87. The highest BCUT2D eigenvalue weighted by Gasteiger charge is 2.13. The molecule has 0 unspecified atom stereocenters. The van der Waals surface area contributed by atoms with Gasteiger partial charge >= 0.3 is 0 Å². The molecule has 3 rings (SSSR count). The van der Waals surface area contributed by atoms with Gasteiger partial charge in [0, 0.05) is 17.6 Å². The molecular weight excluding hydrogens is 260 g/mol. The van der Waals surface area contributed by atoms with Crippen LogP contribution in [0.15, 0.2) is 28.1 Å². The van der Waals surface area contributed by atoms with Gasteiger partial charge in [-0.3, -0.25) is 0 Å². The molecule has 0 amide bonds. The number of hydrogen-bond acceptors (Lipinski definition) is 6. The van der Waals surface area contributed by atoms with Gasteiger partial charge < -0.3 is 15.1 Å². The third kappa shape index (κ3) is 2.26. The SMILES string of the molecule is Cc1ncsc1CN(C)c1nc2cc(N)ccc2o1. The zero-order chi connectivity index (χ0) is 13.4. The summed E-state index contributed by atoms with van der Waals surface area (Å²) < 4.78 is 5.72. The van der Waals surface area contributed by atoms with E-state index in [9.17, 15) is 0 Å². The normalized spacial score (nSPS) is 11.1. The van der Waals surface area contributed by atoms with Crippen LogP contribution < -0.4 is 10.6 Å². The smallest absolute Gasteiger partial charge is 0.298 e. The standard InChI is InChI=1S/C13H14N4OS/c1-8-12(19-7-15-8)6-17(2)13-16-10-5-9(14)3-4-11(10)18-13/h3-5,7H,6,14H2,1-2H3. The van der Waals surface area contributed by atoms with Gasteiger partial charge in [-0.2, -0.15) is 4.98 Å². The van der Waals surface area contributed by atoms with Crippen molar-refractivity contribution in [1.82, 2.24) is 9.97 Å². The average molecular weight is 274 g/mol. The van der Waals surface area contributed by atoms with Crippen molar-refractivity contribution < 1.29 is 4.42 Å². The summed E-state index contributed by atoms with van der Waals surface area (Å²) in [6.45, 7) is 2.74. The summed E-state index contributed by atoms with van der Waals surface area (Å²) in [4.78, 5) is 11.9. The number of fused-ring (bicyclic) bond motifs is 1. The summed E-state index contributed by atoms with van der Waals surface area (Å²) in [5, 5.41) is 0. The van der Waals surface area contributed by atoms with Gasteiger partial charge in [-0.15, -0.1) is 11.3 Å². The molecule has 2 N–H and O–H groups in total. The van der Waals surface area contributed by atoms with E-state index in [1.807, 2.05) is 42.6 Å². The molecule has 0 aliphatic heterocycles. The Balaban J connectivity index is 1.89. The molecule has 19 heavy (non-hydrogen) atoms. The first-order valence-corrected chi connectivity index (χ1v) is 6.77. The molecule has 0 fully saturated rings. The van der Waals surface area contributed by atoms with E-state index in [1.165, 1.54) is 4.88 Å². The fourth-order valence-electron chi connectivity index (χ4n) is 1.86. The third-order valence-electron chi connectivity index (χ3n) is 2.95. The highest BCUT2D eigenvalue weighted by molar-refractivity contribution is 7.09. The van der Waals surface area contributed by atoms with Crippen LogP contribution in [0.25, 0.3) is 11.1 Å². The second-order valence-corrected chi connectivity index (χ2v) is 5.38. The Bertz CT molecular complexity index is 718. The van der Waals surface area contributed by atoms with Gasteiger partial charge in [0.05, 0.1) is 17.7 Å². The molecule has 0 radical (unpaired) electrons. The summed E-state index contributed by atoms with van der Waals surface area (Å²) in [5.74, 6) is 0. The minimum atomic E-state index is 0.591. The van der Waals surface area contributed by atoms with Crippen LogP contribution in [0.1, 0.15) is 10.6 Å². The molecule has 0 aliphatic rings. The Labute approximate surface area is 114 Å². The van der Waals surface area contributed by atoms with Gasteiger partial charge in [-0.25, -0.2) is 4.98 Å². The van der Waals surface area contributed by atoms with Crippen LogP contribution in [0.5, 0.6) is 0 Å². The van der Waals surface area contributed by atoms with Crippen LogP contribution >= 0.6 is 11.3 Å². The van der Waals surface area contributed by atoms with Crippen molar-refractivity contribution in [3.8, 4) is 0 Å². The monoisotopic (exact) mass is 274 g/mol. The van der Waals surface area contributed by atoms with E-state index in [2.05, 4.69) is 9.97 Å². The van der Waals surface area contributed by atoms with Gasteiger partial charge in [0.2, 0.25) is 0 Å². The van der Waals surface area contributed by atoms with Crippen LogP contribution in [0.2, 0.25) is 0 Å². The molecule has 2 aromatic heterocycles. The molecule has 0 saturated heterocycles. The first-order valence-electron chi connectivity index (χ1n) is 5.89. The molecule has 0 atom stereocenters. The predicted molar refractivity (Wildman–Crippen MR) is 77.4 cm³/mol. The second kappa shape index (κ2) is 4.55. The Morgan fingerprint density at radius 1 is 1.42 bits per heavy atom. The van der Waals surface area contributed by atoms with Crippen LogP contribution in [0.4, 0.5) is 11.7 Å². The number of hydrogen-bond donors (Lipinski definition) is 1. The van der Waals surface area contributed by atoms with Crippen molar-refractivity contribution in [1.29, 1.82) is 0 Å². The molecule has 0 bridgehead atoms. The maximum Gasteiger partial charge on any atom is 0.298 e. The summed E-state index contributed by atoms with van der Waals surface area (Å²) in [6, 6.07) is 6.06. The van der Waals surface area contributed by atoms with Crippen molar-refractivity contribution in [2.24, 2.45) is 0 Å². The Morgan fingerprint density at radius 3 is 3.00 bits per heavy atom. The van der Waals surface area contributed by atoms with Crippen molar-refractivity contribution in [3.63, 3.8) is 0 Å². The molecule has 0 aliphatic carbocycles. The Hall–Kier alpha value is -2.08. The highest BCUT2D eigenvalue weighted by Crippen LogP contribution is 2.25. The summed E-state index contributed by atoms with van der Waals surface area (Å²) >= 11 is 1.64. The first-order chi connectivity index (χ1) is 9.13. The molecule has 0 spiro atoms. The van der Waals surface area contributed by atoms with E-state index < -0.39 is 0 Å². The Morgan fingerprint density at radius 2 is 2.26 bits per heavy atom. The molecule has 1 aromatic carbocycles. The molecule has 0 saturated carbocycles. The number of thiazole rings is 1. The van der Waals surface area contributed by atoms with E-state index in [-0.39, 0.29) is 0 Å². The number of nitrogens with two attached hydrogens (primary N) is 1. The van der Waals surface area contributed by atoms with E-state index >= 15 is 0 Å². The third-order valence-corrected chi connectivity index (χ3v) is 3.87. The fourth-order valence-corrected chi connectivity index (χ4v) is 2.69. The number of oxazole rings is 1. The summed E-state index contributed by atoms with van der Waals surface area (Å²) in [5.41, 5.74) is 10.9. The van der Waals surface area contributed by atoms with E-state index in [0.717, 1.165) is 23.3 Å². The predicted octanol–water partition coefficient (Wildman–Crippen LogP) is 2.81. The molecule has 5 nitrogen and oxygen atoms in total.